The number of carbonyl (C=O) groups excluding carboxylic acids is 1. The van der Waals surface area contributed by atoms with Gasteiger partial charge in [-0.2, -0.15) is 0 Å². The molecule has 17 heavy (non-hydrogen) atoms. The topological polar surface area (TPSA) is 63.6 Å². The van der Waals surface area contributed by atoms with Gasteiger partial charge < -0.3 is 9.84 Å². The van der Waals surface area contributed by atoms with Crippen LogP contribution in [0.5, 0.6) is 0 Å². The number of ketones is 1. The molecule has 3 unspecified atom stereocenters. The highest BCUT2D eigenvalue weighted by Gasteiger charge is 2.49. The lowest BCUT2D eigenvalue weighted by Gasteiger charge is -2.33. The van der Waals surface area contributed by atoms with Crippen LogP contribution in [0, 0.1) is 5.41 Å². The molecule has 0 amide bonds. The van der Waals surface area contributed by atoms with E-state index in [0.717, 1.165) is 25.7 Å². The first kappa shape index (κ1) is 12.6. The van der Waals surface area contributed by atoms with Crippen LogP contribution >= 0.6 is 0 Å². The Bertz CT molecular complexity index is 325. The van der Waals surface area contributed by atoms with Crippen LogP contribution in [0.2, 0.25) is 0 Å². The lowest BCUT2D eigenvalue weighted by Crippen LogP contribution is -2.44. The highest BCUT2D eigenvalue weighted by atomic mass is 16.5. The van der Waals surface area contributed by atoms with Crippen molar-refractivity contribution in [3.05, 3.63) is 0 Å². The molecule has 0 aromatic heterocycles. The normalized spacial score (nSPS) is 38.3. The summed E-state index contributed by atoms with van der Waals surface area (Å²) in [5, 5.41) is 9.41. The Hall–Kier alpha value is -0.900. The van der Waals surface area contributed by atoms with Gasteiger partial charge in [-0.05, 0) is 39.0 Å². The Kier molecular flexibility index (Phi) is 3.52. The molecule has 4 nitrogen and oxygen atoms in total. The number of aliphatic carboxylic acids is 1. The van der Waals surface area contributed by atoms with Crippen LogP contribution in [0.3, 0.4) is 0 Å². The summed E-state index contributed by atoms with van der Waals surface area (Å²) in [4.78, 5) is 23.5. The molecular formula is C13H20O4. The molecule has 3 atom stereocenters. The van der Waals surface area contributed by atoms with Crippen molar-refractivity contribution >= 4 is 11.8 Å². The highest BCUT2D eigenvalue weighted by molar-refractivity contribution is 6.03. The third kappa shape index (κ3) is 2.37. The van der Waals surface area contributed by atoms with Gasteiger partial charge in [0.05, 0.1) is 12.2 Å². The Labute approximate surface area is 101 Å². The maximum atomic E-state index is 12.0. The lowest BCUT2D eigenvalue weighted by atomic mass is 9.69. The summed E-state index contributed by atoms with van der Waals surface area (Å²) in [6.45, 7) is 2.00. The molecule has 0 radical (unpaired) electrons. The Balaban J connectivity index is 2.11. The average molecular weight is 240 g/mol. The number of carboxylic acid groups (broad SMARTS) is 1. The van der Waals surface area contributed by atoms with Crippen LogP contribution in [-0.4, -0.2) is 29.1 Å². The summed E-state index contributed by atoms with van der Waals surface area (Å²) < 4.78 is 5.67. The molecule has 1 N–H and O–H groups in total. The number of hydrogen-bond acceptors (Lipinski definition) is 3. The van der Waals surface area contributed by atoms with Gasteiger partial charge in [-0.25, -0.2) is 0 Å². The van der Waals surface area contributed by atoms with Crippen LogP contribution < -0.4 is 0 Å². The van der Waals surface area contributed by atoms with Gasteiger partial charge in [0.15, 0.2) is 0 Å². The number of ether oxygens (including phenoxy) is 1. The van der Waals surface area contributed by atoms with Crippen LogP contribution in [0.4, 0.5) is 0 Å². The van der Waals surface area contributed by atoms with E-state index in [2.05, 4.69) is 0 Å². The zero-order valence-corrected chi connectivity index (χ0v) is 10.3. The third-order valence-corrected chi connectivity index (χ3v) is 4.10. The van der Waals surface area contributed by atoms with Crippen molar-refractivity contribution < 1.29 is 19.4 Å². The van der Waals surface area contributed by atoms with Gasteiger partial charge in [0.1, 0.15) is 11.2 Å². The van der Waals surface area contributed by atoms with Gasteiger partial charge in [0.25, 0.3) is 0 Å². The number of carbonyl (C=O) groups is 2. The van der Waals surface area contributed by atoms with E-state index in [1.54, 1.807) is 0 Å². The molecule has 2 rings (SSSR count). The SMILES string of the molecule is CC1CCC(CC2(C(=O)O)CCCCC2=O)O1. The number of hydrogen-bond donors (Lipinski definition) is 1. The van der Waals surface area contributed by atoms with Gasteiger partial charge in [-0.15, -0.1) is 0 Å². The number of rotatable bonds is 3. The molecular weight excluding hydrogens is 220 g/mol. The largest absolute Gasteiger partial charge is 0.480 e. The zero-order chi connectivity index (χ0) is 12.5. The fraction of sp³-hybridized carbons (Fsp3) is 0.846. The third-order valence-electron chi connectivity index (χ3n) is 4.10. The lowest BCUT2D eigenvalue weighted by molar-refractivity contribution is -0.160. The first-order valence-corrected chi connectivity index (χ1v) is 6.47. The van der Waals surface area contributed by atoms with Crippen molar-refractivity contribution in [1.82, 2.24) is 0 Å². The second kappa shape index (κ2) is 4.77. The van der Waals surface area contributed by atoms with Gasteiger partial charge in [-0.1, -0.05) is 6.42 Å². The molecule has 1 aliphatic heterocycles. The average Bonchev–Trinajstić information content (AvgIpc) is 2.67. The minimum atomic E-state index is -1.16. The molecule has 2 fully saturated rings. The van der Waals surface area contributed by atoms with Gasteiger partial charge in [0.2, 0.25) is 0 Å². The maximum Gasteiger partial charge on any atom is 0.317 e. The number of carboxylic acids is 1. The summed E-state index contributed by atoms with van der Waals surface area (Å²) in [7, 11) is 0. The van der Waals surface area contributed by atoms with Crippen LogP contribution in [0.25, 0.3) is 0 Å². The van der Waals surface area contributed by atoms with E-state index in [1.165, 1.54) is 0 Å². The van der Waals surface area contributed by atoms with Gasteiger partial charge in [-0.3, -0.25) is 9.59 Å². The molecule has 96 valence electrons. The molecule has 1 saturated heterocycles. The summed E-state index contributed by atoms with van der Waals surface area (Å²) in [6, 6.07) is 0. The van der Waals surface area contributed by atoms with Crippen molar-refractivity contribution in [1.29, 1.82) is 0 Å². The predicted octanol–water partition coefficient (Wildman–Crippen LogP) is 2.16. The molecule has 1 saturated carbocycles. The summed E-state index contributed by atoms with van der Waals surface area (Å²) in [5.74, 6) is -1.05. The van der Waals surface area contributed by atoms with E-state index < -0.39 is 11.4 Å². The molecule has 0 aromatic carbocycles. The van der Waals surface area contributed by atoms with Crippen LogP contribution in [0.15, 0.2) is 0 Å². The minimum absolute atomic E-state index is 0.0526. The van der Waals surface area contributed by atoms with E-state index in [9.17, 15) is 14.7 Å². The van der Waals surface area contributed by atoms with Crippen LogP contribution in [-0.2, 0) is 14.3 Å². The van der Waals surface area contributed by atoms with Gasteiger partial charge in [0, 0.05) is 6.42 Å². The zero-order valence-electron chi connectivity index (χ0n) is 10.3. The van der Waals surface area contributed by atoms with Crippen molar-refractivity contribution in [2.45, 2.75) is 64.1 Å². The standard InChI is InChI=1S/C13H20O4/c1-9-5-6-10(17-9)8-13(12(15)16)7-3-2-4-11(13)14/h9-10H,2-8H2,1H3,(H,15,16). The molecule has 0 bridgehead atoms. The quantitative estimate of drug-likeness (QED) is 0.768. The monoisotopic (exact) mass is 240 g/mol. The van der Waals surface area contributed by atoms with Gasteiger partial charge >= 0.3 is 5.97 Å². The van der Waals surface area contributed by atoms with Crippen molar-refractivity contribution in [2.75, 3.05) is 0 Å². The van der Waals surface area contributed by atoms with E-state index >= 15 is 0 Å². The molecule has 4 heteroatoms. The van der Waals surface area contributed by atoms with E-state index in [0.29, 0.717) is 19.3 Å². The Morgan fingerprint density at radius 3 is 2.76 bits per heavy atom. The van der Waals surface area contributed by atoms with E-state index in [4.69, 9.17) is 4.74 Å². The molecule has 1 heterocycles. The minimum Gasteiger partial charge on any atom is -0.480 e. The first-order chi connectivity index (χ1) is 8.04. The van der Waals surface area contributed by atoms with Crippen molar-refractivity contribution in [3.63, 3.8) is 0 Å². The fourth-order valence-corrected chi connectivity index (χ4v) is 3.04. The molecule has 1 aliphatic carbocycles. The van der Waals surface area contributed by atoms with Crippen molar-refractivity contribution in [3.8, 4) is 0 Å². The first-order valence-electron chi connectivity index (χ1n) is 6.47. The molecule has 0 spiro atoms. The predicted molar refractivity (Wildman–Crippen MR) is 61.7 cm³/mol. The Morgan fingerprint density at radius 1 is 1.47 bits per heavy atom. The maximum absolute atomic E-state index is 12.0. The fourth-order valence-electron chi connectivity index (χ4n) is 3.04. The van der Waals surface area contributed by atoms with Crippen LogP contribution in [0.1, 0.15) is 51.9 Å². The summed E-state index contributed by atoms with van der Waals surface area (Å²) >= 11 is 0. The second-order valence-corrected chi connectivity index (χ2v) is 5.37. The molecule has 0 aromatic rings. The second-order valence-electron chi connectivity index (χ2n) is 5.37. The smallest absolute Gasteiger partial charge is 0.317 e. The van der Waals surface area contributed by atoms with Crippen molar-refractivity contribution in [2.24, 2.45) is 5.41 Å². The summed E-state index contributed by atoms with van der Waals surface area (Å²) in [5.41, 5.74) is -1.16. The summed E-state index contributed by atoms with van der Waals surface area (Å²) in [6.07, 6.45) is 4.91. The Morgan fingerprint density at radius 2 is 2.24 bits per heavy atom. The molecule has 2 aliphatic rings. The number of Topliss-reactive ketones (excluding diaryl/α,β-unsaturated/α-hetero) is 1. The van der Waals surface area contributed by atoms with E-state index in [-0.39, 0.29) is 18.0 Å². The van der Waals surface area contributed by atoms with E-state index in [1.807, 2.05) is 6.92 Å². The highest BCUT2D eigenvalue weighted by Crippen LogP contribution is 2.40.